The summed E-state index contributed by atoms with van der Waals surface area (Å²) < 4.78 is 0. The monoisotopic (exact) mass is 275 g/mol. The molecular formula is C12H22ClN3S. The van der Waals surface area contributed by atoms with Gasteiger partial charge in [0.25, 0.3) is 0 Å². The number of aryl methyl sites for hydroxylation is 1. The van der Waals surface area contributed by atoms with Crippen LogP contribution in [0.3, 0.4) is 0 Å². The Bertz CT molecular complexity index is 329. The van der Waals surface area contributed by atoms with Gasteiger partial charge in [-0.1, -0.05) is 6.92 Å². The average molecular weight is 276 g/mol. The molecule has 1 fully saturated rings. The largest absolute Gasteiger partial charge is 0.310 e. The summed E-state index contributed by atoms with van der Waals surface area (Å²) in [5.41, 5.74) is 1.20. The molecule has 1 aromatic rings. The summed E-state index contributed by atoms with van der Waals surface area (Å²) in [6.07, 6.45) is 3.73. The summed E-state index contributed by atoms with van der Waals surface area (Å²) in [5, 5.41) is 6.93. The van der Waals surface area contributed by atoms with Crippen molar-refractivity contribution in [2.75, 3.05) is 20.1 Å². The summed E-state index contributed by atoms with van der Waals surface area (Å²) in [6.45, 7) is 5.42. The van der Waals surface area contributed by atoms with Crippen LogP contribution < -0.4 is 5.32 Å². The minimum Gasteiger partial charge on any atom is -0.310 e. The van der Waals surface area contributed by atoms with Crippen molar-refractivity contribution in [1.29, 1.82) is 0 Å². The number of thiazole rings is 1. The van der Waals surface area contributed by atoms with Crippen molar-refractivity contribution < 1.29 is 0 Å². The van der Waals surface area contributed by atoms with Gasteiger partial charge in [0, 0.05) is 24.5 Å². The number of hydrogen-bond acceptors (Lipinski definition) is 4. The summed E-state index contributed by atoms with van der Waals surface area (Å²) in [5.74, 6) is 0. The van der Waals surface area contributed by atoms with Crippen molar-refractivity contribution >= 4 is 23.7 Å². The molecule has 5 heteroatoms. The third-order valence-corrected chi connectivity index (χ3v) is 4.30. The van der Waals surface area contributed by atoms with E-state index in [0.717, 1.165) is 25.6 Å². The number of nitrogens with zero attached hydrogens (tertiary/aromatic N) is 2. The number of likely N-dealkylation sites (N-methyl/N-ethyl adjacent to an activating group) is 1. The lowest BCUT2D eigenvalue weighted by Gasteiger charge is -2.19. The number of aromatic nitrogens is 1. The third-order valence-electron chi connectivity index (χ3n) is 3.26. The van der Waals surface area contributed by atoms with E-state index in [9.17, 15) is 0 Å². The molecule has 1 aromatic heterocycles. The Morgan fingerprint density at radius 1 is 1.59 bits per heavy atom. The first kappa shape index (κ1) is 14.9. The van der Waals surface area contributed by atoms with Crippen molar-refractivity contribution in [2.45, 2.75) is 38.8 Å². The molecule has 0 radical (unpaired) electrons. The van der Waals surface area contributed by atoms with Gasteiger partial charge in [0.1, 0.15) is 0 Å². The summed E-state index contributed by atoms with van der Waals surface area (Å²) >= 11 is 1.77. The van der Waals surface area contributed by atoms with Crippen LogP contribution in [0.1, 0.15) is 30.5 Å². The van der Waals surface area contributed by atoms with Crippen LogP contribution in [0.2, 0.25) is 0 Å². The summed E-state index contributed by atoms with van der Waals surface area (Å²) in [6, 6.07) is 0.726. The second-order valence-corrected chi connectivity index (χ2v) is 5.44. The van der Waals surface area contributed by atoms with Crippen LogP contribution in [0.25, 0.3) is 0 Å². The lowest BCUT2D eigenvalue weighted by atomic mass is 10.2. The lowest BCUT2D eigenvalue weighted by Crippen LogP contribution is -2.35. The zero-order valence-corrected chi connectivity index (χ0v) is 12.2. The normalized spacial score (nSPS) is 20.5. The second-order valence-electron chi connectivity index (χ2n) is 4.49. The van der Waals surface area contributed by atoms with Gasteiger partial charge in [-0.2, -0.15) is 0 Å². The lowest BCUT2D eigenvalue weighted by molar-refractivity contribution is 0.300. The van der Waals surface area contributed by atoms with Crippen LogP contribution in [-0.2, 0) is 13.0 Å². The van der Waals surface area contributed by atoms with E-state index < -0.39 is 0 Å². The van der Waals surface area contributed by atoms with Crippen LogP contribution >= 0.6 is 23.7 Å². The molecular weight excluding hydrogens is 254 g/mol. The number of rotatable bonds is 5. The van der Waals surface area contributed by atoms with E-state index in [0.29, 0.717) is 0 Å². The first-order valence-electron chi connectivity index (χ1n) is 6.14. The molecule has 1 aliphatic rings. The highest BCUT2D eigenvalue weighted by atomic mass is 35.5. The Morgan fingerprint density at radius 2 is 2.41 bits per heavy atom. The number of nitrogens with one attached hydrogen (secondary N) is 1. The van der Waals surface area contributed by atoms with Gasteiger partial charge in [-0.25, -0.2) is 4.98 Å². The Hall–Kier alpha value is -0.160. The molecule has 1 atom stereocenters. The van der Waals surface area contributed by atoms with E-state index in [1.165, 1.54) is 30.1 Å². The molecule has 2 rings (SSSR count). The second kappa shape index (κ2) is 7.31. The van der Waals surface area contributed by atoms with Crippen molar-refractivity contribution in [2.24, 2.45) is 0 Å². The fraction of sp³-hybridized carbons (Fsp3) is 0.750. The Labute approximate surface area is 114 Å². The number of halogens is 1. The molecule has 17 heavy (non-hydrogen) atoms. The maximum Gasteiger partial charge on any atom is 0.0926 e. The molecule has 98 valence electrons. The van der Waals surface area contributed by atoms with Crippen LogP contribution in [0, 0.1) is 0 Å². The minimum absolute atomic E-state index is 0. The van der Waals surface area contributed by atoms with Gasteiger partial charge in [0.15, 0.2) is 0 Å². The smallest absolute Gasteiger partial charge is 0.0926 e. The van der Waals surface area contributed by atoms with Crippen molar-refractivity contribution in [1.82, 2.24) is 15.2 Å². The molecule has 0 saturated carbocycles. The fourth-order valence-electron chi connectivity index (χ4n) is 2.20. The summed E-state index contributed by atoms with van der Waals surface area (Å²) in [4.78, 5) is 7.00. The zero-order valence-electron chi connectivity index (χ0n) is 10.6. The van der Waals surface area contributed by atoms with E-state index in [1.807, 2.05) is 0 Å². The molecule has 0 bridgehead atoms. The van der Waals surface area contributed by atoms with E-state index in [1.54, 1.807) is 11.3 Å². The Balaban J connectivity index is 0.00000144. The Morgan fingerprint density at radius 3 is 3.00 bits per heavy atom. The molecule has 1 aliphatic heterocycles. The Kier molecular flexibility index (Phi) is 6.41. The van der Waals surface area contributed by atoms with Crippen molar-refractivity contribution in [3.05, 3.63) is 16.1 Å². The molecule has 2 heterocycles. The highest BCUT2D eigenvalue weighted by Crippen LogP contribution is 2.14. The first-order chi connectivity index (χ1) is 7.79. The van der Waals surface area contributed by atoms with E-state index in [4.69, 9.17) is 0 Å². The molecule has 3 nitrogen and oxygen atoms in total. The molecule has 1 unspecified atom stereocenters. The van der Waals surface area contributed by atoms with Crippen LogP contribution in [0.5, 0.6) is 0 Å². The van der Waals surface area contributed by atoms with Gasteiger partial charge in [-0.15, -0.1) is 23.7 Å². The van der Waals surface area contributed by atoms with Gasteiger partial charge in [0.2, 0.25) is 0 Å². The van der Waals surface area contributed by atoms with E-state index >= 15 is 0 Å². The topological polar surface area (TPSA) is 28.2 Å². The van der Waals surface area contributed by atoms with E-state index in [-0.39, 0.29) is 12.4 Å². The van der Waals surface area contributed by atoms with Crippen LogP contribution in [0.15, 0.2) is 5.38 Å². The quantitative estimate of drug-likeness (QED) is 0.894. The van der Waals surface area contributed by atoms with Crippen LogP contribution in [0.4, 0.5) is 0 Å². The van der Waals surface area contributed by atoms with Gasteiger partial charge in [-0.05, 0) is 32.9 Å². The average Bonchev–Trinajstić information content (AvgIpc) is 2.89. The predicted molar refractivity (Wildman–Crippen MR) is 76.1 cm³/mol. The molecule has 1 saturated heterocycles. The summed E-state index contributed by atoms with van der Waals surface area (Å²) in [7, 11) is 2.22. The zero-order chi connectivity index (χ0) is 11.4. The molecule has 0 aliphatic carbocycles. The maximum atomic E-state index is 4.55. The highest BCUT2D eigenvalue weighted by Gasteiger charge is 2.19. The highest BCUT2D eigenvalue weighted by molar-refractivity contribution is 7.09. The standard InChI is InChI=1S/C12H21N3S.ClH/c1-3-12-14-10(9-16-12)7-13-8-11-5-4-6-15(11)2;/h9,11,13H,3-8H2,1-2H3;1H. The van der Waals surface area contributed by atoms with Crippen molar-refractivity contribution in [3.8, 4) is 0 Å². The third kappa shape index (κ3) is 4.21. The van der Waals surface area contributed by atoms with Crippen molar-refractivity contribution in [3.63, 3.8) is 0 Å². The van der Waals surface area contributed by atoms with Gasteiger partial charge in [-0.3, -0.25) is 0 Å². The minimum atomic E-state index is 0. The molecule has 0 aromatic carbocycles. The molecule has 0 spiro atoms. The maximum absolute atomic E-state index is 4.55. The van der Waals surface area contributed by atoms with Gasteiger partial charge < -0.3 is 10.2 Å². The van der Waals surface area contributed by atoms with Gasteiger partial charge in [0.05, 0.1) is 10.7 Å². The van der Waals surface area contributed by atoms with Gasteiger partial charge >= 0.3 is 0 Å². The first-order valence-corrected chi connectivity index (χ1v) is 7.01. The van der Waals surface area contributed by atoms with E-state index in [2.05, 4.69) is 34.6 Å². The van der Waals surface area contributed by atoms with Crippen LogP contribution in [-0.4, -0.2) is 36.1 Å². The number of likely N-dealkylation sites (tertiary alicyclic amines) is 1. The SMILES string of the molecule is CCc1nc(CNCC2CCCN2C)cs1.Cl. The fourth-order valence-corrected chi connectivity index (χ4v) is 2.94. The molecule has 1 N–H and O–H groups in total. The molecule has 0 amide bonds. The number of hydrogen-bond donors (Lipinski definition) is 1. The predicted octanol–water partition coefficient (Wildman–Crippen LogP) is 2.31.